The summed E-state index contributed by atoms with van der Waals surface area (Å²) in [6, 6.07) is 0. The van der Waals surface area contributed by atoms with Gasteiger partial charge in [-0.05, 0) is 20.5 Å². The molecule has 0 aliphatic carbocycles. The van der Waals surface area contributed by atoms with E-state index in [-0.39, 0.29) is 0 Å². The van der Waals surface area contributed by atoms with Gasteiger partial charge in [-0.2, -0.15) is 43.5 Å². The van der Waals surface area contributed by atoms with Crippen LogP contribution < -0.4 is 5.32 Å². The maximum atomic E-state index is 13.0. The Morgan fingerprint density at radius 2 is 1.29 bits per heavy atom. The lowest BCUT2D eigenvalue weighted by atomic mass is 9.98. The second kappa shape index (κ2) is 8.08. The number of nitrogens with one attached hydrogen (secondary N) is 1. The van der Waals surface area contributed by atoms with E-state index in [9.17, 15) is 47.9 Å². The highest BCUT2D eigenvalue weighted by atomic mass is 32.2. The van der Waals surface area contributed by atoms with Crippen LogP contribution in [0.5, 0.6) is 0 Å². The average Bonchev–Trinajstić information content (AvgIpc) is 2.37. The van der Waals surface area contributed by atoms with Crippen LogP contribution in [0.3, 0.4) is 0 Å². The molecule has 0 saturated heterocycles. The third-order valence-electron chi connectivity index (χ3n) is 2.44. The fourth-order valence-electron chi connectivity index (χ4n) is 1.19. The van der Waals surface area contributed by atoms with Gasteiger partial charge in [0.15, 0.2) is 6.17 Å². The molecule has 0 aromatic rings. The Kier molecular flexibility index (Phi) is 8.58. The summed E-state index contributed by atoms with van der Waals surface area (Å²) in [7, 11) is -3.41. The van der Waals surface area contributed by atoms with Crippen LogP contribution in [0.1, 0.15) is 19.8 Å². The number of rotatable bonds is 7. The highest BCUT2D eigenvalue weighted by molar-refractivity contribution is 7.87. The fraction of sp³-hybridized carbons (Fsp3) is 1.00. The van der Waals surface area contributed by atoms with Crippen molar-refractivity contribution in [1.82, 2.24) is 5.32 Å². The van der Waals surface area contributed by atoms with Crippen LogP contribution in [0.4, 0.5) is 39.5 Å². The molecule has 1 unspecified atom stereocenters. The van der Waals surface area contributed by atoms with Gasteiger partial charge in [0.1, 0.15) is 0 Å². The molecular formula is C10H16F9NO3S. The van der Waals surface area contributed by atoms with E-state index in [0.29, 0.717) is 0 Å². The topological polar surface area (TPSA) is 66.4 Å². The van der Waals surface area contributed by atoms with Gasteiger partial charge in [0.05, 0.1) is 0 Å². The first-order valence-corrected chi connectivity index (χ1v) is 7.54. The van der Waals surface area contributed by atoms with Crippen molar-refractivity contribution in [2.24, 2.45) is 0 Å². The Morgan fingerprint density at radius 3 is 1.54 bits per heavy atom. The minimum absolute atomic E-state index is 0.507. The van der Waals surface area contributed by atoms with E-state index in [0.717, 1.165) is 6.92 Å². The number of hydrogen-bond donors (Lipinski definition) is 2. The molecule has 1 atom stereocenters. The van der Waals surface area contributed by atoms with E-state index in [2.05, 4.69) is 5.32 Å². The minimum atomic E-state index is -7.25. The van der Waals surface area contributed by atoms with Gasteiger partial charge in [-0.15, -0.1) is 0 Å². The molecule has 0 amide bonds. The van der Waals surface area contributed by atoms with Crippen LogP contribution in [0.2, 0.25) is 0 Å². The summed E-state index contributed by atoms with van der Waals surface area (Å²) in [4.78, 5) is 0. The summed E-state index contributed by atoms with van der Waals surface area (Å²) in [5, 5.41) is -4.20. The smallest absolute Gasteiger partial charge is 0.323 e. The van der Waals surface area contributed by atoms with Crippen molar-refractivity contribution in [1.29, 1.82) is 0 Å². The molecule has 0 fully saturated rings. The van der Waals surface area contributed by atoms with Gasteiger partial charge in [0.25, 0.3) is 0 Å². The molecule has 0 saturated carbocycles. The molecule has 2 N–H and O–H groups in total. The summed E-state index contributed by atoms with van der Waals surface area (Å²) in [6.07, 6.45) is -5.80. The van der Waals surface area contributed by atoms with Crippen LogP contribution in [0, 0.1) is 0 Å². The largest absolute Gasteiger partial charge is 0.438 e. The number of hydrogen-bond acceptors (Lipinski definition) is 3. The molecule has 0 aromatic heterocycles. The molecule has 148 valence electrons. The standard InChI is InChI=1S/C8H9F9O3S.C2H7N/c1-2-3-4(9)5(10,11)6(12,13)7(14,15)8(16,17)21(18,19)20;1-3-2/h4H,2-3H2,1H3,(H,18,19,20);3H,1-2H3. The van der Waals surface area contributed by atoms with E-state index in [1.165, 1.54) is 0 Å². The van der Waals surface area contributed by atoms with Crippen molar-refractivity contribution in [2.45, 2.75) is 49.0 Å². The summed E-state index contributed by atoms with van der Waals surface area (Å²) in [5.41, 5.74) is 0. The summed E-state index contributed by atoms with van der Waals surface area (Å²) in [5.74, 6) is -20.6. The minimum Gasteiger partial charge on any atom is -0.323 e. The van der Waals surface area contributed by atoms with Crippen molar-refractivity contribution >= 4 is 10.1 Å². The zero-order valence-electron chi connectivity index (χ0n) is 12.6. The first kappa shape index (κ1) is 25.5. The lowest BCUT2D eigenvalue weighted by Gasteiger charge is -2.36. The average molecular weight is 401 g/mol. The van der Waals surface area contributed by atoms with Crippen LogP contribution in [0.15, 0.2) is 0 Å². The molecule has 4 nitrogen and oxygen atoms in total. The van der Waals surface area contributed by atoms with Gasteiger partial charge in [0.2, 0.25) is 0 Å². The summed E-state index contributed by atoms with van der Waals surface area (Å²) >= 11 is 0. The van der Waals surface area contributed by atoms with E-state index in [4.69, 9.17) is 4.55 Å². The lowest BCUT2D eigenvalue weighted by molar-refractivity contribution is -0.359. The van der Waals surface area contributed by atoms with Gasteiger partial charge in [0, 0.05) is 0 Å². The Balaban J connectivity index is 0. The first-order chi connectivity index (χ1) is 10.4. The molecule has 0 bridgehead atoms. The number of alkyl halides is 9. The van der Waals surface area contributed by atoms with Gasteiger partial charge >= 0.3 is 33.1 Å². The molecule has 0 aliphatic rings. The van der Waals surface area contributed by atoms with Crippen LogP contribution in [-0.2, 0) is 10.1 Å². The highest BCUT2D eigenvalue weighted by Crippen LogP contribution is 2.55. The molecule has 0 spiro atoms. The van der Waals surface area contributed by atoms with Gasteiger partial charge in [-0.25, -0.2) is 4.39 Å². The SMILES string of the molecule is CCCC(F)C(F)(F)C(F)(F)C(F)(F)C(F)(F)S(=O)(=O)O.CNC. The second-order valence-corrected chi connectivity index (χ2v) is 5.98. The third kappa shape index (κ3) is 4.45. The zero-order valence-corrected chi connectivity index (χ0v) is 13.4. The van der Waals surface area contributed by atoms with E-state index < -0.39 is 52.2 Å². The Labute approximate surface area is 132 Å². The lowest BCUT2D eigenvalue weighted by Crippen LogP contribution is -2.66. The van der Waals surface area contributed by atoms with Crippen LogP contribution in [0.25, 0.3) is 0 Å². The van der Waals surface area contributed by atoms with Crippen molar-refractivity contribution < 1.29 is 52.5 Å². The first-order valence-electron chi connectivity index (χ1n) is 6.10. The summed E-state index contributed by atoms with van der Waals surface area (Å²) < 4.78 is 144. The van der Waals surface area contributed by atoms with Gasteiger partial charge < -0.3 is 5.32 Å². The zero-order chi connectivity index (χ0) is 20.2. The van der Waals surface area contributed by atoms with E-state index in [1.54, 1.807) is 0 Å². The molecule has 0 heterocycles. The molecule has 0 aromatic carbocycles. The van der Waals surface area contributed by atoms with Gasteiger partial charge in [-0.1, -0.05) is 13.3 Å². The Morgan fingerprint density at radius 1 is 0.958 bits per heavy atom. The molecule has 0 radical (unpaired) electrons. The summed E-state index contributed by atoms with van der Waals surface area (Å²) in [6.45, 7) is 1.02. The Bertz CT molecular complexity index is 496. The maximum Gasteiger partial charge on any atom is 0.438 e. The Hall–Kier alpha value is -0.760. The number of halogens is 9. The van der Waals surface area contributed by atoms with Crippen molar-refractivity contribution in [3.63, 3.8) is 0 Å². The molecule has 0 aliphatic heterocycles. The second-order valence-electron chi connectivity index (χ2n) is 4.52. The van der Waals surface area contributed by atoms with Crippen LogP contribution in [-0.4, -0.2) is 56.3 Å². The third-order valence-corrected chi connectivity index (χ3v) is 3.34. The van der Waals surface area contributed by atoms with Crippen LogP contribution >= 0.6 is 0 Å². The quantitative estimate of drug-likeness (QED) is 0.507. The van der Waals surface area contributed by atoms with Gasteiger partial charge in [-0.3, -0.25) is 4.55 Å². The molecule has 24 heavy (non-hydrogen) atoms. The van der Waals surface area contributed by atoms with Crippen molar-refractivity contribution in [2.75, 3.05) is 14.1 Å². The van der Waals surface area contributed by atoms with Crippen molar-refractivity contribution in [3.05, 3.63) is 0 Å². The molecule has 0 rings (SSSR count). The van der Waals surface area contributed by atoms with Crippen molar-refractivity contribution in [3.8, 4) is 0 Å². The van der Waals surface area contributed by atoms with E-state index in [1.807, 2.05) is 14.1 Å². The van der Waals surface area contributed by atoms with E-state index >= 15 is 0 Å². The highest BCUT2D eigenvalue weighted by Gasteiger charge is 2.85. The predicted octanol–water partition coefficient (Wildman–Crippen LogP) is 3.35. The molecular weight excluding hydrogens is 385 g/mol. The molecule has 14 heteroatoms. The maximum absolute atomic E-state index is 13.0. The predicted molar refractivity (Wildman–Crippen MR) is 66.1 cm³/mol. The fourth-order valence-corrected chi connectivity index (χ4v) is 1.64. The monoisotopic (exact) mass is 401 g/mol. The normalized spacial score (nSPS) is 15.5.